The van der Waals surface area contributed by atoms with Gasteiger partial charge in [0.15, 0.2) is 0 Å². The Balaban J connectivity index is 1.97. The Morgan fingerprint density at radius 2 is 2.04 bits per heavy atom. The molecule has 2 amide bonds. The Hall–Kier alpha value is -2.21. The Bertz CT molecular complexity index is 717. The molecule has 2 rings (SSSR count). The van der Waals surface area contributed by atoms with E-state index in [0.717, 1.165) is 11.3 Å². The maximum absolute atomic E-state index is 12.3. The molecule has 0 fully saturated rings. The highest BCUT2D eigenvalue weighted by Gasteiger charge is 2.24. The fraction of sp³-hybridized carbons (Fsp3) is 0.353. The molecule has 5 nitrogen and oxygen atoms in total. The molecule has 23 heavy (non-hydrogen) atoms. The van der Waals surface area contributed by atoms with Crippen molar-refractivity contribution in [3.05, 3.63) is 51.5 Å². The molecule has 0 aliphatic rings. The van der Waals surface area contributed by atoms with Crippen LogP contribution in [0.1, 0.15) is 52.1 Å². The zero-order valence-electron chi connectivity index (χ0n) is 13.6. The van der Waals surface area contributed by atoms with Crippen LogP contribution in [0.3, 0.4) is 0 Å². The lowest BCUT2D eigenvalue weighted by Gasteiger charge is -2.17. The molecule has 122 valence electrons. The van der Waals surface area contributed by atoms with Crippen LogP contribution in [-0.2, 0) is 11.8 Å². The minimum atomic E-state index is -0.449. The van der Waals surface area contributed by atoms with Gasteiger partial charge in [-0.05, 0) is 24.1 Å². The molecule has 1 aromatic carbocycles. The average molecular weight is 331 g/mol. The number of thiazole rings is 1. The number of aromatic nitrogens is 1. The van der Waals surface area contributed by atoms with Crippen molar-refractivity contribution in [3.63, 3.8) is 0 Å². The van der Waals surface area contributed by atoms with Gasteiger partial charge in [0.25, 0.3) is 5.91 Å². The van der Waals surface area contributed by atoms with E-state index in [1.807, 2.05) is 26.8 Å². The van der Waals surface area contributed by atoms with Crippen LogP contribution in [0.5, 0.6) is 0 Å². The molecule has 1 aromatic heterocycles. The van der Waals surface area contributed by atoms with E-state index in [0.29, 0.717) is 23.4 Å². The third-order valence-corrected chi connectivity index (χ3v) is 4.22. The minimum Gasteiger partial charge on any atom is -0.366 e. The summed E-state index contributed by atoms with van der Waals surface area (Å²) >= 11 is 1.35. The summed E-state index contributed by atoms with van der Waals surface area (Å²) < 4.78 is 0. The van der Waals surface area contributed by atoms with Gasteiger partial charge in [0.1, 0.15) is 4.88 Å². The third kappa shape index (κ3) is 4.39. The quantitative estimate of drug-likeness (QED) is 0.883. The van der Waals surface area contributed by atoms with Crippen LogP contribution in [0.25, 0.3) is 0 Å². The second-order valence-electron chi connectivity index (χ2n) is 6.35. The van der Waals surface area contributed by atoms with Crippen molar-refractivity contribution in [1.82, 2.24) is 10.3 Å². The van der Waals surface area contributed by atoms with Gasteiger partial charge in [-0.25, -0.2) is 4.98 Å². The summed E-state index contributed by atoms with van der Waals surface area (Å²) in [5.41, 5.74) is 9.06. The molecule has 0 spiro atoms. The standard InChI is InChI=1S/C17H21N3O2S/c1-17(2,3)14-13(23-10-20-14)16(22)19-8-7-11-5-4-6-12(9-11)15(18)21/h4-6,9-10H,7-8H2,1-3H3,(H2,18,21)(H,19,22). The first-order valence-corrected chi connectivity index (χ1v) is 8.28. The summed E-state index contributed by atoms with van der Waals surface area (Å²) in [6.45, 7) is 6.60. The van der Waals surface area contributed by atoms with Crippen molar-refractivity contribution in [3.8, 4) is 0 Å². The number of carbonyl (C=O) groups excluding carboxylic acids is 2. The van der Waals surface area contributed by atoms with Crippen LogP contribution in [-0.4, -0.2) is 23.3 Å². The molecule has 6 heteroatoms. The predicted molar refractivity (Wildman–Crippen MR) is 91.8 cm³/mol. The number of nitrogens with one attached hydrogen (secondary N) is 1. The summed E-state index contributed by atoms with van der Waals surface area (Å²) in [6.07, 6.45) is 0.635. The normalized spacial score (nSPS) is 11.3. The van der Waals surface area contributed by atoms with Gasteiger partial charge in [-0.15, -0.1) is 11.3 Å². The first-order valence-electron chi connectivity index (χ1n) is 7.40. The molecule has 1 heterocycles. The van der Waals surface area contributed by atoms with E-state index in [-0.39, 0.29) is 11.3 Å². The first-order chi connectivity index (χ1) is 10.8. The number of hydrogen-bond donors (Lipinski definition) is 2. The highest BCUT2D eigenvalue weighted by Crippen LogP contribution is 2.26. The van der Waals surface area contributed by atoms with Crippen LogP contribution < -0.4 is 11.1 Å². The minimum absolute atomic E-state index is 0.108. The molecular formula is C17H21N3O2S. The number of hydrogen-bond acceptors (Lipinski definition) is 4. The SMILES string of the molecule is CC(C)(C)c1ncsc1C(=O)NCCc1cccc(C(N)=O)c1. The highest BCUT2D eigenvalue weighted by molar-refractivity contribution is 7.11. The van der Waals surface area contributed by atoms with E-state index < -0.39 is 5.91 Å². The fourth-order valence-electron chi connectivity index (χ4n) is 2.22. The first kappa shape index (κ1) is 17.1. The van der Waals surface area contributed by atoms with Crippen LogP contribution in [0.2, 0.25) is 0 Å². The number of carbonyl (C=O) groups is 2. The maximum atomic E-state index is 12.3. The lowest BCUT2D eigenvalue weighted by atomic mass is 9.91. The predicted octanol–water partition coefficient (Wildman–Crippen LogP) is 2.51. The Kier molecular flexibility index (Phi) is 5.15. The van der Waals surface area contributed by atoms with Gasteiger partial charge in [0.05, 0.1) is 11.2 Å². The summed E-state index contributed by atoms with van der Waals surface area (Å²) in [5.74, 6) is -0.557. The highest BCUT2D eigenvalue weighted by atomic mass is 32.1. The molecule has 0 atom stereocenters. The van der Waals surface area contributed by atoms with E-state index in [9.17, 15) is 9.59 Å². The third-order valence-electron chi connectivity index (χ3n) is 3.39. The van der Waals surface area contributed by atoms with Crippen molar-refractivity contribution in [1.29, 1.82) is 0 Å². The molecule has 0 aliphatic carbocycles. The molecule has 0 aliphatic heterocycles. The second-order valence-corrected chi connectivity index (χ2v) is 7.21. The van der Waals surface area contributed by atoms with Crippen LogP contribution in [0.15, 0.2) is 29.8 Å². The van der Waals surface area contributed by atoms with E-state index in [2.05, 4.69) is 10.3 Å². The van der Waals surface area contributed by atoms with Crippen LogP contribution in [0.4, 0.5) is 0 Å². The average Bonchev–Trinajstić information content (AvgIpc) is 2.97. The van der Waals surface area contributed by atoms with Crippen LogP contribution in [0, 0.1) is 0 Å². The topological polar surface area (TPSA) is 85.1 Å². The smallest absolute Gasteiger partial charge is 0.263 e. The summed E-state index contributed by atoms with van der Waals surface area (Å²) in [5, 5.41) is 2.91. The Morgan fingerprint density at radius 3 is 2.70 bits per heavy atom. The number of nitrogens with two attached hydrogens (primary N) is 1. The Morgan fingerprint density at radius 1 is 1.30 bits per heavy atom. The molecule has 0 radical (unpaired) electrons. The lowest BCUT2D eigenvalue weighted by molar-refractivity contribution is 0.0954. The zero-order chi connectivity index (χ0) is 17.0. The van der Waals surface area contributed by atoms with Crippen molar-refractivity contribution in [2.24, 2.45) is 5.73 Å². The van der Waals surface area contributed by atoms with Crippen molar-refractivity contribution in [2.45, 2.75) is 32.6 Å². The van der Waals surface area contributed by atoms with E-state index in [1.54, 1.807) is 23.7 Å². The second kappa shape index (κ2) is 6.91. The van der Waals surface area contributed by atoms with E-state index in [1.165, 1.54) is 11.3 Å². The van der Waals surface area contributed by atoms with Crippen molar-refractivity contribution >= 4 is 23.2 Å². The van der Waals surface area contributed by atoms with Gasteiger partial charge in [-0.2, -0.15) is 0 Å². The molecule has 0 saturated carbocycles. The molecule has 0 unspecified atom stereocenters. The number of benzene rings is 1. The van der Waals surface area contributed by atoms with Gasteiger partial charge in [0.2, 0.25) is 5.91 Å². The largest absolute Gasteiger partial charge is 0.366 e. The van der Waals surface area contributed by atoms with Gasteiger partial charge in [-0.3, -0.25) is 9.59 Å². The van der Waals surface area contributed by atoms with Gasteiger partial charge >= 0.3 is 0 Å². The Labute approximate surface area is 139 Å². The van der Waals surface area contributed by atoms with Crippen LogP contribution >= 0.6 is 11.3 Å². The lowest BCUT2D eigenvalue weighted by Crippen LogP contribution is -2.28. The number of amides is 2. The van der Waals surface area contributed by atoms with E-state index in [4.69, 9.17) is 5.73 Å². The fourth-order valence-corrected chi connectivity index (χ4v) is 3.14. The molecule has 0 bridgehead atoms. The summed E-state index contributed by atoms with van der Waals surface area (Å²) in [4.78, 5) is 28.5. The number of rotatable bonds is 5. The number of primary amides is 1. The van der Waals surface area contributed by atoms with Gasteiger partial charge < -0.3 is 11.1 Å². The van der Waals surface area contributed by atoms with E-state index >= 15 is 0 Å². The summed E-state index contributed by atoms with van der Waals surface area (Å²) in [6, 6.07) is 7.13. The maximum Gasteiger partial charge on any atom is 0.263 e. The molecule has 3 N–H and O–H groups in total. The number of nitrogens with zero attached hydrogens (tertiary/aromatic N) is 1. The van der Waals surface area contributed by atoms with Gasteiger partial charge in [0, 0.05) is 17.5 Å². The zero-order valence-corrected chi connectivity index (χ0v) is 14.4. The van der Waals surface area contributed by atoms with Crippen molar-refractivity contribution in [2.75, 3.05) is 6.54 Å². The molecular weight excluding hydrogens is 310 g/mol. The molecule has 0 saturated heterocycles. The summed E-state index contributed by atoms with van der Waals surface area (Å²) in [7, 11) is 0. The van der Waals surface area contributed by atoms with Gasteiger partial charge in [-0.1, -0.05) is 32.9 Å². The molecule has 2 aromatic rings. The monoisotopic (exact) mass is 331 g/mol. The van der Waals surface area contributed by atoms with Crippen molar-refractivity contribution < 1.29 is 9.59 Å².